The number of carbonyl (C=O) groups excluding carboxylic acids is 3. The second-order valence-electron chi connectivity index (χ2n) is 2.76. The van der Waals surface area contributed by atoms with Crippen molar-refractivity contribution in [3.63, 3.8) is 0 Å². The third kappa shape index (κ3) is 7.54. The lowest BCUT2D eigenvalue weighted by molar-refractivity contribution is -0.164. The first-order valence-corrected chi connectivity index (χ1v) is 4.64. The number of hydrogen-bond donors (Lipinski definition) is 0. The number of hydrogen-bond acceptors (Lipinski definition) is 6. The first-order chi connectivity index (χ1) is 7.45. The molecule has 90 valence electrons. The quantitative estimate of drug-likeness (QED) is 0.297. The monoisotopic (exact) mass is 230 g/mol. The predicted octanol–water partition coefficient (Wildman–Crippen LogP) is 0.560. The molecule has 0 aliphatic heterocycles. The highest BCUT2D eigenvalue weighted by atomic mass is 16.6. The lowest BCUT2D eigenvalue weighted by atomic mass is 10.5. The highest BCUT2D eigenvalue weighted by Crippen LogP contribution is 1.96. The third-order valence-corrected chi connectivity index (χ3v) is 1.30. The van der Waals surface area contributed by atoms with Crippen molar-refractivity contribution < 1.29 is 28.6 Å². The van der Waals surface area contributed by atoms with Gasteiger partial charge in [-0.3, -0.25) is 4.79 Å². The minimum absolute atomic E-state index is 0.341. The smallest absolute Gasteiger partial charge is 0.352 e. The van der Waals surface area contributed by atoms with E-state index in [0.717, 1.165) is 13.0 Å². The van der Waals surface area contributed by atoms with Crippen molar-refractivity contribution in [2.45, 2.75) is 20.8 Å². The maximum absolute atomic E-state index is 11.0. The van der Waals surface area contributed by atoms with E-state index < -0.39 is 24.5 Å². The second-order valence-corrected chi connectivity index (χ2v) is 2.76. The molecule has 6 heteroatoms. The molecule has 0 spiro atoms. The number of esters is 3. The summed E-state index contributed by atoms with van der Waals surface area (Å²) in [7, 11) is 0. The van der Waals surface area contributed by atoms with E-state index in [-0.39, 0.29) is 0 Å². The summed E-state index contributed by atoms with van der Waals surface area (Å²) in [5, 5.41) is 0. The van der Waals surface area contributed by atoms with E-state index in [9.17, 15) is 14.4 Å². The van der Waals surface area contributed by atoms with Crippen LogP contribution in [0.25, 0.3) is 0 Å². The van der Waals surface area contributed by atoms with Gasteiger partial charge in [0.05, 0.1) is 12.7 Å². The summed E-state index contributed by atoms with van der Waals surface area (Å²) in [6.45, 7) is 4.30. The van der Waals surface area contributed by atoms with E-state index >= 15 is 0 Å². The molecule has 0 aliphatic rings. The van der Waals surface area contributed by atoms with E-state index in [1.165, 1.54) is 0 Å². The molecule has 0 amide bonds. The Hall–Kier alpha value is -1.85. The van der Waals surface area contributed by atoms with Gasteiger partial charge in [-0.25, -0.2) is 9.59 Å². The fourth-order valence-electron chi connectivity index (χ4n) is 0.767. The van der Waals surface area contributed by atoms with Crippen LogP contribution in [0.15, 0.2) is 11.8 Å². The first kappa shape index (κ1) is 14.2. The van der Waals surface area contributed by atoms with Crippen molar-refractivity contribution in [2.75, 3.05) is 13.2 Å². The fraction of sp³-hybridized carbons (Fsp3) is 0.500. The van der Waals surface area contributed by atoms with Gasteiger partial charge in [0.25, 0.3) is 0 Å². The molecule has 0 rings (SSSR count). The van der Waals surface area contributed by atoms with Crippen molar-refractivity contribution in [3.8, 4) is 0 Å². The third-order valence-electron chi connectivity index (χ3n) is 1.30. The average molecular weight is 230 g/mol. The summed E-state index contributed by atoms with van der Waals surface area (Å²) in [6, 6.07) is 0. The van der Waals surface area contributed by atoms with Gasteiger partial charge in [-0.15, -0.1) is 0 Å². The van der Waals surface area contributed by atoms with Gasteiger partial charge in [0.15, 0.2) is 6.61 Å². The van der Waals surface area contributed by atoms with Crippen LogP contribution < -0.4 is 0 Å². The molecule has 0 saturated heterocycles. The zero-order valence-electron chi connectivity index (χ0n) is 9.44. The minimum atomic E-state index is -0.930. The molecule has 6 nitrogen and oxygen atoms in total. The molecule has 0 aromatic rings. The topological polar surface area (TPSA) is 78.9 Å². The summed E-state index contributed by atoms with van der Waals surface area (Å²) in [6.07, 6.45) is 1.04. The van der Waals surface area contributed by atoms with Crippen LogP contribution in [0, 0.1) is 0 Å². The molecular formula is C10H14O6. The predicted molar refractivity (Wildman–Crippen MR) is 53.1 cm³/mol. The van der Waals surface area contributed by atoms with Crippen LogP contribution in [0.3, 0.4) is 0 Å². The fourth-order valence-corrected chi connectivity index (χ4v) is 0.767. The average Bonchev–Trinajstić information content (AvgIpc) is 2.14. The number of ether oxygens (including phenoxy) is 3. The standard InChI is InChI=1S/C10H14O6/c1-4-14-7(2)5-9(12)16-10(13)6-15-8(3)11/h5H,4,6H2,1-3H3. The van der Waals surface area contributed by atoms with Gasteiger partial charge in [-0.1, -0.05) is 0 Å². The number of rotatable bonds is 5. The van der Waals surface area contributed by atoms with Crippen LogP contribution in [0.4, 0.5) is 0 Å². The molecule has 0 fully saturated rings. The van der Waals surface area contributed by atoms with Crippen molar-refractivity contribution in [3.05, 3.63) is 11.8 Å². The highest BCUT2D eigenvalue weighted by molar-refractivity contribution is 5.93. The molecule has 0 heterocycles. The van der Waals surface area contributed by atoms with E-state index in [0.29, 0.717) is 12.4 Å². The maximum Gasteiger partial charge on any atom is 0.352 e. The zero-order valence-corrected chi connectivity index (χ0v) is 9.44. The van der Waals surface area contributed by atoms with E-state index in [1.807, 2.05) is 0 Å². The number of allylic oxidation sites excluding steroid dienone is 1. The first-order valence-electron chi connectivity index (χ1n) is 4.64. The lowest BCUT2D eigenvalue weighted by Gasteiger charge is -2.03. The van der Waals surface area contributed by atoms with Crippen LogP contribution in [-0.2, 0) is 28.6 Å². The van der Waals surface area contributed by atoms with E-state index in [4.69, 9.17) is 4.74 Å². The Morgan fingerprint density at radius 3 is 2.25 bits per heavy atom. The van der Waals surface area contributed by atoms with Gasteiger partial charge in [0.2, 0.25) is 0 Å². The van der Waals surface area contributed by atoms with Crippen LogP contribution in [-0.4, -0.2) is 31.1 Å². The minimum Gasteiger partial charge on any atom is -0.498 e. The van der Waals surface area contributed by atoms with Crippen LogP contribution in [0.1, 0.15) is 20.8 Å². The van der Waals surface area contributed by atoms with E-state index in [1.54, 1.807) is 13.8 Å². The molecule has 0 radical (unpaired) electrons. The Morgan fingerprint density at radius 1 is 1.12 bits per heavy atom. The van der Waals surface area contributed by atoms with E-state index in [2.05, 4.69) is 9.47 Å². The highest BCUT2D eigenvalue weighted by Gasteiger charge is 2.10. The Morgan fingerprint density at radius 2 is 1.75 bits per heavy atom. The van der Waals surface area contributed by atoms with Crippen molar-refractivity contribution in [2.24, 2.45) is 0 Å². The van der Waals surface area contributed by atoms with Gasteiger partial charge in [0, 0.05) is 6.92 Å². The Balaban J connectivity index is 4.00. The SMILES string of the molecule is CCOC(C)=CC(=O)OC(=O)COC(C)=O. The van der Waals surface area contributed by atoms with Crippen LogP contribution >= 0.6 is 0 Å². The van der Waals surface area contributed by atoms with Crippen molar-refractivity contribution in [1.29, 1.82) is 0 Å². The summed E-state index contributed by atoms with van der Waals surface area (Å²) in [5.74, 6) is -2.07. The van der Waals surface area contributed by atoms with Crippen molar-refractivity contribution >= 4 is 17.9 Å². The van der Waals surface area contributed by atoms with Crippen LogP contribution in [0.2, 0.25) is 0 Å². The van der Waals surface area contributed by atoms with Gasteiger partial charge in [0.1, 0.15) is 5.76 Å². The molecule has 0 aromatic heterocycles. The molecule has 0 unspecified atom stereocenters. The van der Waals surface area contributed by atoms with Gasteiger partial charge < -0.3 is 14.2 Å². The summed E-state index contributed by atoms with van der Waals surface area (Å²) in [4.78, 5) is 32.3. The molecule has 0 aromatic carbocycles. The largest absolute Gasteiger partial charge is 0.498 e. The Labute approximate surface area is 93.2 Å². The molecular weight excluding hydrogens is 216 g/mol. The molecule has 0 saturated carbocycles. The zero-order chi connectivity index (χ0) is 12.6. The van der Waals surface area contributed by atoms with Crippen LogP contribution in [0.5, 0.6) is 0 Å². The van der Waals surface area contributed by atoms with Crippen molar-refractivity contribution in [1.82, 2.24) is 0 Å². The molecule has 16 heavy (non-hydrogen) atoms. The number of carbonyl (C=O) groups is 3. The lowest BCUT2D eigenvalue weighted by Crippen LogP contribution is -2.18. The summed E-state index contributed by atoms with van der Waals surface area (Å²) >= 11 is 0. The Kier molecular flexibility index (Phi) is 6.58. The molecule has 0 N–H and O–H groups in total. The summed E-state index contributed by atoms with van der Waals surface area (Å²) in [5.41, 5.74) is 0. The van der Waals surface area contributed by atoms with Gasteiger partial charge in [-0.05, 0) is 13.8 Å². The Bertz CT molecular complexity index is 304. The second kappa shape index (κ2) is 7.44. The van der Waals surface area contributed by atoms with Gasteiger partial charge >= 0.3 is 17.9 Å². The normalized spacial score (nSPS) is 10.6. The van der Waals surface area contributed by atoms with Gasteiger partial charge in [-0.2, -0.15) is 0 Å². The molecule has 0 atom stereocenters. The molecule has 0 aliphatic carbocycles. The maximum atomic E-state index is 11.0. The molecule has 0 bridgehead atoms. The summed E-state index contributed by atoms with van der Waals surface area (Å²) < 4.78 is 13.6.